The molecule has 1 atom stereocenters. The normalized spacial score (nSPS) is 17.8. The smallest absolute Gasteiger partial charge is 0.322 e. The number of urea groups is 1. The molecule has 3 heterocycles. The molecule has 1 aliphatic rings. The highest BCUT2D eigenvalue weighted by Crippen LogP contribution is 2.35. The zero-order valence-electron chi connectivity index (χ0n) is 18.0. The van der Waals surface area contributed by atoms with E-state index in [1.807, 2.05) is 25.1 Å². The van der Waals surface area contributed by atoms with Gasteiger partial charge >= 0.3 is 6.03 Å². The quantitative estimate of drug-likeness (QED) is 0.408. The minimum Gasteiger partial charge on any atom is -0.497 e. The molecule has 3 amide bonds. The molecule has 2 aromatic carbocycles. The predicted molar refractivity (Wildman–Crippen MR) is 121 cm³/mol. The molecule has 166 valence electrons. The van der Waals surface area contributed by atoms with Crippen molar-refractivity contribution in [2.24, 2.45) is 0 Å². The van der Waals surface area contributed by atoms with Crippen LogP contribution in [-0.4, -0.2) is 38.7 Å². The first-order valence-electron chi connectivity index (χ1n) is 10.3. The van der Waals surface area contributed by atoms with Crippen LogP contribution in [0.15, 0.2) is 61.1 Å². The van der Waals surface area contributed by atoms with E-state index in [0.717, 1.165) is 22.3 Å². The van der Waals surface area contributed by atoms with Crippen LogP contribution in [-0.2, 0) is 16.9 Å². The van der Waals surface area contributed by atoms with Crippen LogP contribution in [0.4, 0.5) is 4.79 Å². The van der Waals surface area contributed by atoms with Crippen LogP contribution in [0.5, 0.6) is 11.6 Å². The summed E-state index contributed by atoms with van der Waals surface area (Å²) in [7, 11) is 1.55. The van der Waals surface area contributed by atoms with E-state index in [1.165, 1.54) is 0 Å². The van der Waals surface area contributed by atoms with Crippen LogP contribution >= 0.6 is 0 Å². The lowest BCUT2D eigenvalue weighted by Gasteiger charge is -2.27. The topological polar surface area (TPSA) is 118 Å². The number of carbonyl (C=O) groups excluding carboxylic acids is 2. The minimum atomic E-state index is -1.40. The third-order valence-corrected chi connectivity index (χ3v) is 5.95. The second-order valence-electron chi connectivity index (χ2n) is 7.92. The van der Waals surface area contributed by atoms with Gasteiger partial charge in [0, 0.05) is 34.9 Å². The van der Waals surface area contributed by atoms with Gasteiger partial charge in [-0.3, -0.25) is 20.1 Å². The van der Waals surface area contributed by atoms with E-state index in [9.17, 15) is 14.7 Å². The standard InChI is InChI=1S/C24H21N5O4/c1-14-20(26-10-9-25-14)15-3-6-17(7-4-15)24(22(31)27-23(32)28-24)13-29-12-16-5-8-18(33-2)11-19(16)21(29)30/h3-12,30H,13H2,1-2H3,(H2,27,28,31,32)/t24-/m1/s1. The van der Waals surface area contributed by atoms with Crippen molar-refractivity contribution in [2.45, 2.75) is 19.0 Å². The van der Waals surface area contributed by atoms with Gasteiger partial charge in [0.1, 0.15) is 5.75 Å². The molecule has 0 bridgehead atoms. The van der Waals surface area contributed by atoms with Crippen molar-refractivity contribution in [3.63, 3.8) is 0 Å². The first-order valence-corrected chi connectivity index (χ1v) is 10.3. The number of imide groups is 1. The average molecular weight is 443 g/mol. The number of aromatic hydroxyl groups is 1. The molecule has 0 spiro atoms. The number of hydrogen-bond acceptors (Lipinski definition) is 6. The lowest BCUT2D eigenvalue weighted by atomic mass is 9.88. The van der Waals surface area contributed by atoms with E-state index in [-0.39, 0.29) is 12.4 Å². The van der Waals surface area contributed by atoms with Crippen molar-refractivity contribution in [1.82, 2.24) is 25.2 Å². The first kappa shape index (κ1) is 20.5. The number of carbonyl (C=O) groups is 2. The highest BCUT2D eigenvalue weighted by molar-refractivity contribution is 6.07. The average Bonchev–Trinajstić information content (AvgIpc) is 3.29. The highest BCUT2D eigenvalue weighted by atomic mass is 16.5. The van der Waals surface area contributed by atoms with Gasteiger partial charge in [-0.2, -0.15) is 0 Å². The number of amides is 3. The molecule has 3 N–H and O–H groups in total. The Morgan fingerprint density at radius 1 is 1.09 bits per heavy atom. The Morgan fingerprint density at radius 3 is 2.52 bits per heavy atom. The van der Waals surface area contributed by atoms with Crippen molar-refractivity contribution < 1.29 is 19.4 Å². The zero-order chi connectivity index (χ0) is 23.2. The molecule has 9 heteroatoms. The third kappa shape index (κ3) is 3.34. The fourth-order valence-corrected chi connectivity index (χ4v) is 4.23. The van der Waals surface area contributed by atoms with E-state index in [1.54, 1.807) is 54.5 Å². The van der Waals surface area contributed by atoms with Crippen molar-refractivity contribution in [1.29, 1.82) is 0 Å². The highest BCUT2D eigenvalue weighted by Gasteiger charge is 2.48. The second kappa shape index (κ2) is 7.63. The summed E-state index contributed by atoms with van der Waals surface area (Å²) in [4.78, 5) is 33.8. The maximum absolute atomic E-state index is 13.0. The minimum absolute atomic E-state index is 0.00306. The largest absolute Gasteiger partial charge is 0.497 e. The molecule has 2 aromatic heterocycles. The lowest BCUT2D eigenvalue weighted by Crippen LogP contribution is -2.47. The van der Waals surface area contributed by atoms with Crippen LogP contribution in [0.1, 0.15) is 11.3 Å². The molecular formula is C24H21N5O4. The third-order valence-electron chi connectivity index (χ3n) is 5.95. The maximum atomic E-state index is 13.0. The molecule has 0 saturated carbocycles. The molecule has 5 rings (SSSR count). The number of nitrogens with one attached hydrogen (secondary N) is 2. The zero-order valence-corrected chi connectivity index (χ0v) is 18.0. The Labute approximate surface area is 189 Å². The number of nitrogens with zero attached hydrogens (tertiary/aromatic N) is 3. The van der Waals surface area contributed by atoms with Crippen LogP contribution in [0.25, 0.3) is 22.0 Å². The Balaban J connectivity index is 1.57. The number of ether oxygens (including phenoxy) is 1. The van der Waals surface area contributed by atoms with Gasteiger partial charge in [-0.05, 0) is 30.7 Å². The van der Waals surface area contributed by atoms with Crippen molar-refractivity contribution >= 4 is 22.7 Å². The number of aromatic nitrogens is 3. The fraction of sp³-hybridized carbons (Fsp3) is 0.167. The van der Waals surface area contributed by atoms with Crippen LogP contribution in [0.2, 0.25) is 0 Å². The van der Waals surface area contributed by atoms with E-state index >= 15 is 0 Å². The second-order valence-corrected chi connectivity index (χ2v) is 7.92. The number of methoxy groups -OCH3 is 1. The maximum Gasteiger partial charge on any atom is 0.322 e. The summed E-state index contributed by atoms with van der Waals surface area (Å²) in [6, 6.07) is 12.0. The Kier molecular flexibility index (Phi) is 4.74. The summed E-state index contributed by atoms with van der Waals surface area (Å²) < 4.78 is 6.80. The lowest BCUT2D eigenvalue weighted by molar-refractivity contribution is -0.124. The first-order chi connectivity index (χ1) is 15.9. The predicted octanol–water partition coefficient (Wildman–Crippen LogP) is 2.86. The summed E-state index contributed by atoms with van der Waals surface area (Å²) in [6.07, 6.45) is 4.99. The summed E-state index contributed by atoms with van der Waals surface area (Å²) in [5.41, 5.74) is 1.54. The Bertz CT molecular complexity index is 1400. The molecule has 4 aromatic rings. The van der Waals surface area contributed by atoms with Crippen LogP contribution in [0.3, 0.4) is 0 Å². The van der Waals surface area contributed by atoms with Gasteiger partial charge in [-0.1, -0.05) is 24.3 Å². The van der Waals surface area contributed by atoms with E-state index < -0.39 is 17.5 Å². The summed E-state index contributed by atoms with van der Waals surface area (Å²) in [5, 5.41) is 17.3. The Hall–Kier alpha value is -4.40. The van der Waals surface area contributed by atoms with Crippen molar-refractivity contribution in [3.05, 3.63) is 72.3 Å². The van der Waals surface area contributed by atoms with E-state index in [0.29, 0.717) is 16.7 Å². The number of benzene rings is 2. The molecule has 9 nitrogen and oxygen atoms in total. The number of hydrogen-bond donors (Lipinski definition) is 3. The van der Waals surface area contributed by atoms with Crippen LogP contribution < -0.4 is 15.4 Å². The van der Waals surface area contributed by atoms with Crippen molar-refractivity contribution in [3.8, 4) is 22.9 Å². The van der Waals surface area contributed by atoms with Crippen molar-refractivity contribution in [2.75, 3.05) is 7.11 Å². The van der Waals surface area contributed by atoms with E-state index in [4.69, 9.17) is 4.74 Å². The molecule has 1 saturated heterocycles. The molecule has 1 fully saturated rings. The summed E-state index contributed by atoms with van der Waals surface area (Å²) in [6.45, 7) is 1.87. The van der Waals surface area contributed by atoms with Gasteiger partial charge in [-0.25, -0.2) is 4.79 Å². The summed E-state index contributed by atoms with van der Waals surface area (Å²) >= 11 is 0. The fourth-order valence-electron chi connectivity index (χ4n) is 4.23. The van der Waals surface area contributed by atoms with Gasteiger partial charge < -0.3 is 19.7 Å². The summed E-state index contributed by atoms with van der Waals surface area (Å²) in [5.74, 6) is 0.0850. The van der Waals surface area contributed by atoms with Gasteiger partial charge in [0.05, 0.1) is 25.0 Å². The monoisotopic (exact) mass is 443 g/mol. The number of fused-ring (bicyclic) bond motifs is 1. The molecule has 1 aliphatic heterocycles. The number of rotatable bonds is 5. The Morgan fingerprint density at radius 2 is 1.85 bits per heavy atom. The van der Waals surface area contributed by atoms with Gasteiger partial charge in [0.2, 0.25) is 0 Å². The van der Waals surface area contributed by atoms with Gasteiger partial charge in [-0.15, -0.1) is 0 Å². The van der Waals surface area contributed by atoms with Gasteiger partial charge in [0.25, 0.3) is 5.91 Å². The molecule has 0 unspecified atom stereocenters. The van der Waals surface area contributed by atoms with E-state index in [2.05, 4.69) is 20.6 Å². The molecular weight excluding hydrogens is 422 g/mol. The molecule has 0 aliphatic carbocycles. The number of aryl methyl sites for hydroxylation is 1. The SMILES string of the molecule is COc1ccc2cn(C[C@]3(c4ccc(-c5nccnc5C)cc4)NC(=O)NC3=O)c(O)c2c1. The van der Waals surface area contributed by atoms with Gasteiger partial charge in [0.15, 0.2) is 11.4 Å². The molecule has 0 radical (unpaired) electrons. The van der Waals surface area contributed by atoms with Crippen LogP contribution in [0, 0.1) is 6.92 Å². The molecule has 33 heavy (non-hydrogen) atoms.